The van der Waals surface area contributed by atoms with E-state index in [4.69, 9.17) is 21.4 Å². The Morgan fingerprint density at radius 3 is 2.53 bits per heavy atom. The first-order valence-corrected chi connectivity index (χ1v) is 5.70. The number of nitrogens with one attached hydrogen (secondary N) is 1. The number of aliphatic carboxylic acids is 1. The molecule has 0 saturated carbocycles. The molecule has 0 atom stereocenters. The lowest BCUT2D eigenvalue weighted by Crippen LogP contribution is -2.26. The van der Waals surface area contributed by atoms with Gasteiger partial charge in [-0.05, 0) is 37.1 Å². The summed E-state index contributed by atoms with van der Waals surface area (Å²) in [7, 11) is 0. The zero-order valence-corrected chi connectivity index (χ0v) is 10.7. The van der Waals surface area contributed by atoms with Gasteiger partial charge in [0.25, 0.3) is 0 Å². The van der Waals surface area contributed by atoms with Crippen LogP contribution in [0.4, 0.5) is 0 Å². The molecule has 0 aliphatic rings. The van der Waals surface area contributed by atoms with E-state index >= 15 is 0 Å². The van der Waals surface area contributed by atoms with Gasteiger partial charge in [-0.2, -0.15) is 0 Å². The van der Waals surface area contributed by atoms with E-state index < -0.39 is 5.97 Å². The van der Waals surface area contributed by atoms with Crippen molar-refractivity contribution in [3.63, 3.8) is 0 Å². The molecule has 0 fully saturated rings. The first-order chi connectivity index (χ1) is 8.00. The summed E-state index contributed by atoms with van der Waals surface area (Å²) < 4.78 is 5.49. The van der Waals surface area contributed by atoms with Gasteiger partial charge in [0, 0.05) is 11.6 Å². The van der Waals surface area contributed by atoms with Crippen molar-refractivity contribution < 1.29 is 14.6 Å². The maximum atomic E-state index is 10.2. The van der Waals surface area contributed by atoms with Crippen LogP contribution in [0.1, 0.15) is 11.1 Å². The van der Waals surface area contributed by atoms with Gasteiger partial charge in [-0.25, -0.2) is 0 Å². The predicted octanol–water partition coefficient (Wildman–Crippen LogP) is 2.01. The molecule has 0 amide bonds. The number of hydrogen-bond donors (Lipinski definition) is 2. The third-order valence-corrected chi connectivity index (χ3v) is 2.83. The van der Waals surface area contributed by atoms with Gasteiger partial charge in [-0.1, -0.05) is 11.6 Å². The van der Waals surface area contributed by atoms with Gasteiger partial charge in [0.15, 0.2) is 0 Å². The maximum Gasteiger partial charge on any atom is 0.317 e. The molecule has 1 aromatic carbocycles. The fourth-order valence-electron chi connectivity index (χ4n) is 1.43. The largest absolute Gasteiger partial charge is 0.492 e. The van der Waals surface area contributed by atoms with Crippen LogP contribution in [-0.4, -0.2) is 30.8 Å². The molecular weight excluding hydrogens is 242 g/mol. The Morgan fingerprint density at radius 2 is 2.00 bits per heavy atom. The van der Waals surface area contributed by atoms with Crippen LogP contribution in [0.2, 0.25) is 5.02 Å². The lowest BCUT2D eigenvalue weighted by molar-refractivity contribution is -0.135. The highest BCUT2D eigenvalue weighted by Crippen LogP contribution is 2.25. The van der Waals surface area contributed by atoms with Gasteiger partial charge in [-0.3, -0.25) is 4.79 Å². The quantitative estimate of drug-likeness (QED) is 0.766. The molecule has 94 valence electrons. The number of benzene rings is 1. The van der Waals surface area contributed by atoms with E-state index in [1.807, 2.05) is 26.0 Å². The molecule has 0 spiro atoms. The minimum atomic E-state index is -0.872. The van der Waals surface area contributed by atoms with E-state index in [1.54, 1.807) is 0 Å². The van der Waals surface area contributed by atoms with Crippen LogP contribution in [0, 0.1) is 13.8 Å². The predicted molar refractivity (Wildman–Crippen MR) is 66.9 cm³/mol. The van der Waals surface area contributed by atoms with Crippen molar-refractivity contribution in [3.8, 4) is 5.75 Å². The van der Waals surface area contributed by atoms with Crippen molar-refractivity contribution in [2.45, 2.75) is 13.8 Å². The van der Waals surface area contributed by atoms with Crippen LogP contribution >= 0.6 is 11.6 Å². The maximum absolute atomic E-state index is 10.2. The molecule has 5 heteroatoms. The molecule has 4 nitrogen and oxygen atoms in total. The van der Waals surface area contributed by atoms with E-state index in [0.717, 1.165) is 21.9 Å². The minimum Gasteiger partial charge on any atom is -0.492 e. The fraction of sp³-hybridized carbons (Fsp3) is 0.417. The Kier molecular flexibility index (Phi) is 5.25. The van der Waals surface area contributed by atoms with Gasteiger partial charge in [0.05, 0.1) is 6.54 Å². The van der Waals surface area contributed by atoms with Crippen LogP contribution in [0.5, 0.6) is 5.75 Å². The Labute approximate surface area is 106 Å². The average Bonchev–Trinajstić information content (AvgIpc) is 2.25. The minimum absolute atomic E-state index is 0.0535. The molecule has 2 N–H and O–H groups in total. The average molecular weight is 258 g/mol. The molecule has 0 unspecified atom stereocenters. The normalized spacial score (nSPS) is 10.3. The standard InChI is InChI=1S/C12H16ClNO3/c1-8-5-10(6-9(2)12(8)13)17-4-3-14-7-11(15)16/h5-6,14H,3-4,7H2,1-2H3,(H,15,16). The number of aryl methyl sites for hydroxylation is 2. The summed E-state index contributed by atoms with van der Waals surface area (Å²) in [6, 6.07) is 3.74. The second kappa shape index (κ2) is 6.47. The summed E-state index contributed by atoms with van der Waals surface area (Å²) in [5.41, 5.74) is 1.94. The first kappa shape index (κ1) is 13.8. The van der Waals surface area contributed by atoms with Crippen LogP contribution in [-0.2, 0) is 4.79 Å². The van der Waals surface area contributed by atoms with Crippen LogP contribution in [0.25, 0.3) is 0 Å². The van der Waals surface area contributed by atoms with Crippen molar-refractivity contribution in [3.05, 3.63) is 28.3 Å². The van der Waals surface area contributed by atoms with Gasteiger partial charge in [0.1, 0.15) is 12.4 Å². The second-order valence-corrected chi connectivity index (χ2v) is 4.17. The smallest absolute Gasteiger partial charge is 0.317 e. The number of carbonyl (C=O) groups is 1. The highest BCUT2D eigenvalue weighted by Gasteiger charge is 2.03. The van der Waals surface area contributed by atoms with Crippen LogP contribution in [0.3, 0.4) is 0 Å². The zero-order valence-electron chi connectivity index (χ0n) is 9.92. The van der Waals surface area contributed by atoms with E-state index in [0.29, 0.717) is 13.2 Å². The molecule has 0 heterocycles. The number of carboxylic acid groups (broad SMARTS) is 1. The Hall–Kier alpha value is -1.26. The van der Waals surface area contributed by atoms with Crippen LogP contribution in [0.15, 0.2) is 12.1 Å². The highest BCUT2D eigenvalue weighted by molar-refractivity contribution is 6.32. The van der Waals surface area contributed by atoms with Crippen molar-refractivity contribution in [2.24, 2.45) is 0 Å². The molecule has 0 aliphatic heterocycles. The van der Waals surface area contributed by atoms with Crippen molar-refractivity contribution in [1.82, 2.24) is 5.32 Å². The SMILES string of the molecule is Cc1cc(OCCNCC(=O)O)cc(C)c1Cl. The van der Waals surface area contributed by atoms with Crippen molar-refractivity contribution >= 4 is 17.6 Å². The summed E-state index contributed by atoms with van der Waals surface area (Å²) in [4.78, 5) is 10.2. The molecular formula is C12H16ClNO3. The molecule has 17 heavy (non-hydrogen) atoms. The van der Waals surface area contributed by atoms with Gasteiger partial charge >= 0.3 is 5.97 Å². The number of rotatable bonds is 6. The van der Waals surface area contributed by atoms with Crippen molar-refractivity contribution in [1.29, 1.82) is 0 Å². The second-order valence-electron chi connectivity index (χ2n) is 3.79. The summed E-state index contributed by atoms with van der Waals surface area (Å²) in [5, 5.41) is 11.9. The van der Waals surface area contributed by atoms with E-state index in [9.17, 15) is 4.79 Å². The zero-order chi connectivity index (χ0) is 12.8. The molecule has 0 aliphatic carbocycles. The summed E-state index contributed by atoms with van der Waals surface area (Å²) in [5.74, 6) is -0.121. The Morgan fingerprint density at radius 1 is 1.41 bits per heavy atom. The summed E-state index contributed by atoms with van der Waals surface area (Å²) >= 11 is 6.04. The van der Waals surface area contributed by atoms with Crippen molar-refractivity contribution in [2.75, 3.05) is 19.7 Å². The van der Waals surface area contributed by atoms with Gasteiger partial charge in [0.2, 0.25) is 0 Å². The number of hydrogen-bond acceptors (Lipinski definition) is 3. The topological polar surface area (TPSA) is 58.6 Å². The third-order valence-electron chi connectivity index (χ3n) is 2.23. The Balaban J connectivity index is 2.39. The number of carboxylic acids is 1. The molecule has 0 radical (unpaired) electrons. The number of ether oxygens (including phenoxy) is 1. The first-order valence-electron chi connectivity index (χ1n) is 5.32. The fourth-order valence-corrected chi connectivity index (χ4v) is 1.53. The number of halogens is 1. The molecule has 1 rings (SSSR count). The van der Waals surface area contributed by atoms with E-state index in [1.165, 1.54) is 0 Å². The third kappa shape index (κ3) is 4.63. The Bertz CT molecular complexity index is 384. The van der Waals surface area contributed by atoms with E-state index in [2.05, 4.69) is 5.32 Å². The summed E-state index contributed by atoms with van der Waals surface area (Å²) in [6.45, 7) is 4.71. The van der Waals surface area contributed by atoms with Gasteiger partial charge in [-0.15, -0.1) is 0 Å². The molecule has 0 bridgehead atoms. The molecule has 0 aromatic heterocycles. The lowest BCUT2D eigenvalue weighted by Gasteiger charge is -2.10. The molecule has 1 aromatic rings. The lowest BCUT2D eigenvalue weighted by atomic mass is 10.1. The summed E-state index contributed by atoms with van der Waals surface area (Å²) in [6.07, 6.45) is 0. The monoisotopic (exact) mass is 257 g/mol. The van der Waals surface area contributed by atoms with Gasteiger partial charge < -0.3 is 15.2 Å². The van der Waals surface area contributed by atoms with E-state index in [-0.39, 0.29) is 6.54 Å². The highest BCUT2D eigenvalue weighted by atomic mass is 35.5. The molecule has 0 saturated heterocycles. The van der Waals surface area contributed by atoms with Crippen LogP contribution < -0.4 is 10.1 Å².